The lowest BCUT2D eigenvalue weighted by molar-refractivity contribution is 0.115. The van der Waals surface area contributed by atoms with Gasteiger partial charge in [0.05, 0.1) is 5.69 Å². The molecule has 0 saturated carbocycles. The number of rotatable bonds is 1. The maximum atomic E-state index is 9.52. The van der Waals surface area contributed by atoms with Crippen LogP contribution in [0.4, 0.5) is 5.82 Å². The smallest absolute Gasteiger partial charge is 0.169 e. The quantitative estimate of drug-likeness (QED) is 0.790. The van der Waals surface area contributed by atoms with Crippen molar-refractivity contribution in [2.75, 3.05) is 24.5 Å². The van der Waals surface area contributed by atoms with Crippen molar-refractivity contribution in [1.29, 1.82) is 5.26 Å². The van der Waals surface area contributed by atoms with Gasteiger partial charge in [-0.15, -0.1) is 5.10 Å². The zero-order valence-corrected chi connectivity index (χ0v) is 13.1. The molecule has 1 aromatic heterocycles. The lowest BCUT2D eigenvalue weighted by Crippen LogP contribution is -2.59. The van der Waals surface area contributed by atoms with Gasteiger partial charge in [-0.25, -0.2) is 0 Å². The Morgan fingerprint density at radius 1 is 1.19 bits per heavy atom. The molecule has 0 aliphatic carbocycles. The second kappa shape index (κ2) is 5.61. The molecule has 0 bridgehead atoms. The first kappa shape index (κ1) is 14.3. The summed E-state index contributed by atoms with van der Waals surface area (Å²) in [4.78, 5) is 4.90. The summed E-state index contributed by atoms with van der Waals surface area (Å²) in [5.74, 6) is 0.776. The fourth-order valence-electron chi connectivity index (χ4n) is 3.58. The summed E-state index contributed by atoms with van der Waals surface area (Å²) in [6.07, 6.45) is 3.88. The topological polar surface area (TPSA) is 56.1 Å². The van der Waals surface area contributed by atoms with E-state index in [1.54, 1.807) is 0 Å². The van der Waals surface area contributed by atoms with Crippen molar-refractivity contribution in [3.63, 3.8) is 0 Å². The average Bonchev–Trinajstić information content (AvgIpc) is 2.49. The Labute approximate surface area is 126 Å². The van der Waals surface area contributed by atoms with Crippen molar-refractivity contribution in [2.24, 2.45) is 0 Å². The molecule has 5 nitrogen and oxygen atoms in total. The van der Waals surface area contributed by atoms with Gasteiger partial charge in [-0.2, -0.15) is 10.4 Å². The van der Waals surface area contributed by atoms with Crippen molar-refractivity contribution in [3.8, 4) is 6.07 Å². The normalized spacial score (nSPS) is 26.3. The van der Waals surface area contributed by atoms with E-state index in [0.717, 1.165) is 30.2 Å². The van der Waals surface area contributed by atoms with Gasteiger partial charge in [-0.05, 0) is 45.7 Å². The number of fused-ring (bicyclic) bond motifs is 1. The van der Waals surface area contributed by atoms with Crippen LogP contribution in [0.25, 0.3) is 0 Å². The summed E-state index contributed by atoms with van der Waals surface area (Å²) in [7, 11) is 0. The molecule has 2 aliphatic heterocycles. The third kappa shape index (κ3) is 2.49. The number of piperazine rings is 1. The van der Waals surface area contributed by atoms with Gasteiger partial charge in [0.1, 0.15) is 11.6 Å². The summed E-state index contributed by atoms with van der Waals surface area (Å²) in [5, 5.41) is 18.1. The van der Waals surface area contributed by atoms with Crippen LogP contribution in [0.5, 0.6) is 0 Å². The average molecular weight is 285 g/mol. The summed E-state index contributed by atoms with van der Waals surface area (Å²) in [5.41, 5.74) is 2.50. The summed E-state index contributed by atoms with van der Waals surface area (Å²) >= 11 is 0. The Morgan fingerprint density at radius 3 is 2.76 bits per heavy atom. The molecular formula is C16H23N5. The molecule has 3 rings (SSSR count). The first-order chi connectivity index (χ1) is 10.1. The zero-order chi connectivity index (χ0) is 15.0. The number of aromatic nitrogens is 2. The van der Waals surface area contributed by atoms with E-state index in [1.165, 1.54) is 25.8 Å². The van der Waals surface area contributed by atoms with Crippen LogP contribution in [0.3, 0.4) is 0 Å². The Kier molecular flexibility index (Phi) is 3.81. The van der Waals surface area contributed by atoms with Crippen molar-refractivity contribution >= 4 is 5.82 Å². The van der Waals surface area contributed by atoms with Gasteiger partial charge in [0.2, 0.25) is 0 Å². The predicted molar refractivity (Wildman–Crippen MR) is 82.2 cm³/mol. The number of anilines is 1. The fourth-order valence-corrected chi connectivity index (χ4v) is 3.58. The standard InChI is InChI=1S/C16H23N5/c1-11-9-20-7-5-4-6-14(20)10-21(11)16-15(8-17)12(2)13(3)18-19-16/h11,14H,4-7,9-10H2,1-3H3. The molecular weight excluding hydrogens is 262 g/mol. The predicted octanol–water partition coefficient (Wildman–Crippen LogP) is 2.03. The molecule has 2 atom stereocenters. The fraction of sp³-hybridized carbons (Fsp3) is 0.688. The third-order valence-electron chi connectivity index (χ3n) is 5.01. The Hall–Kier alpha value is -1.67. The number of nitrogens with zero attached hydrogens (tertiary/aromatic N) is 5. The van der Waals surface area contributed by atoms with E-state index in [4.69, 9.17) is 0 Å². The molecule has 3 heterocycles. The van der Waals surface area contributed by atoms with Crippen LogP contribution < -0.4 is 4.90 Å². The molecule has 1 aromatic rings. The van der Waals surface area contributed by atoms with Gasteiger partial charge in [-0.1, -0.05) is 6.42 Å². The highest BCUT2D eigenvalue weighted by Crippen LogP contribution is 2.29. The van der Waals surface area contributed by atoms with Crippen molar-refractivity contribution < 1.29 is 0 Å². The largest absolute Gasteiger partial charge is 0.348 e. The van der Waals surface area contributed by atoms with E-state index in [9.17, 15) is 5.26 Å². The summed E-state index contributed by atoms with van der Waals surface area (Å²) in [6.45, 7) is 9.34. The molecule has 0 aromatic carbocycles. The van der Waals surface area contributed by atoms with Gasteiger partial charge in [-0.3, -0.25) is 4.90 Å². The first-order valence-corrected chi connectivity index (χ1v) is 7.86. The number of hydrogen-bond donors (Lipinski definition) is 0. The van der Waals surface area contributed by atoms with E-state index >= 15 is 0 Å². The van der Waals surface area contributed by atoms with Crippen molar-refractivity contribution in [3.05, 3.63) is 16.8 Å². The highest BCUT2D eigenvalue weighted by molar-refractivity contribution is 5.58. The van der Waals surface area contributed by atoms with Crippen LogP contribution in [0.1, 0.15) is 43.0 Å². The molecule has 0 spiro atoms. The maximum Gasteiger partial charge on any atom is 0.169 e. The minimum atomic E-state index is 0.378. The lowest BCUT2D eigenvalue weighted by atomic mass is 9.96. The van der Waals surface area contributed by atoms with E-state index in [0.29, 0.717) is 17.6 Å². The van der Waals surface area contributed by atoms with E-state index in [1.807, 2.05) is 13.8 Å². The Balaban J connectivity index is 1.93. The maximum absolute atomic E-state index is 9.52. The zero-order valence-electron chi connectivity index (χ0n) is 13.1. The number of hydrogen-bond acceptors (Lipinski definition) is 5. The van der Waals surface area contributed by atoms with E-state index < -0.39 is 0 Å². The molecule has 2 unspecified atom stereocenters. The van der Waals surface area contributed by atoms with Crippen LogP contribution in [-0.2, 0) is 0 Å². The van der Waals surface area contributed by atoms with Crippen LogP contribution in [-0.4, -0.2) is 46.8 Å². The second-order valence-corrected chi connectivity index (χ2v) is 6.37. The van der Waals surface area contributed by atoms with Crippen LogP contribution in [0.2, 0.25) is 0 Å². The highest BCUT2D eigenvalue weighted by atomic mass is 15.4. The Morgan fingerprint density at radius 2 is 2.00 bits per heavy atom. The molecule has 0 amide bonds. The van der Waals surface area contributed by atoms with Crippen molar-refractivity contribution in [1.82, 2.24) is 15.1 Å². The van der Waals surface area contributed by atoms with E-state index in [2.05, 4.69) is 33.0 Å². The van der Waals surface area contributed by atoms with Gasteiger partial charge in [0.15, 0.2) is 5.82 Å². The second-order valence-electron chi connectivity index (χ2n) is 6.37. The summed E-state index contributed by atoms with van der Waals surface area (Å²) in [6, 6.07) is 3.32. The van der Waals surface area contributed by atoms with Gasteiger partial charge in [0, 0.05) is 25.2 Å². The van der Waals surface area contributed by atoms with Gasteiger partial charge >= 0.3 is 0 Å². The monoisotopic (exact) mass is 285 g/mol. The minimum absolute atomic E-state index is 0.378. The lowest BCUT2D eigenvalue weighted by Gasteiger charge is -2.48. The van der Waals surface area contributed by atoms with Gasteiger partial charge in [0.25, 0.3) is 0 Å². The Bertz CT molecular complexity index is 577. The van der Waals surface area contributed by atoms with Crippen LogP contribution >= 0.6 is 0 Å². The summed E-state index contributed by atoms with van der Waals surface area (Å²) < 4.78 is 0. The van der Waals surface area contributed by atoms with Gasteiger partial charge < -0.3 is 4.90 Å². The number of aryl methyl sites for hydroxylation is 1. The van der Waals surface area contributed by atoms with Crippen LogP contribution in [0.15, 0.2) is 0 Å². The first-order valence-electron chi connectivity index (χ1n) is 7.86. The van der Waals surface area contributed by atoms with Crippen LogP contribution in [0, 0.1) is 25.2 Å². The minimum Gasteiger partial charge on any atom is -0.348 e. The SMILES string of the molecule is Cc1nnc(N2CC3CCCCN3CC2C)c(C#N)c1C. The molecule has 112 valence electrons. The third-order valence-corrected chi connectivity index (χ3v) is 5.01. The number of nitriles is 1. The molecule has 2 saturated heterocycles. The molecule has 2 fully saturated rings. The highest BCUT2D eigenvalue weighted by Gasteiger charge is 2.34. The molecule has 2 aliphatic rings. The molecule has 0 N–H and O–H groups in total. The molecule has 21 heavy (non-hydrogen) atoms. The molecule has 5 heteroatoms. The molecule has 0 radical (unpaired) electrons. The van der Waals surface area contributed by atoms with E-state index in [-0.39, 0.29) is 0 Å². The number of piperidine rings is 1. The van der Waals surface area contributed by atoms with Crippen molar-refractivity contribution in [2.45, 2.75) is 52.1 Å².